The van der Waals surface area contributed by atoms with Crippen LogP contribution in [0.3, 0.4) is 0 Å². The summed E-state index contributed by atoms with van der Waals surface area (Å²) >= 11 is 1.61. The molecule has 2 aromatic heterocycles. The second-order valence-corrected chi connectivity index (χ2v) is 4.90. The van der Waals surface area contributed by atoms with Crippen molar-refractivity contribution in [1.29, 1.82) is 0 Å². The topological polar surface area (TPSA) is 38.9 Å². The van der Waals surface area contributed by atoms with E-state index >= 15 is 0 Å². The molecular formula is C14H12N2OS. The van der Waals surface area contributed by atoms with Crippen molar-refractivity contribution in [2.45, 2.75) is 13.3 Å². The lowest BCUT2D eigenvalue weighted by Gasteiger charge is -1.96. The van der Waals surface area contributed by atoms with Gasteiger partial charge >= 0.3 is 0 Å². The molecule has 90 valence electrons. The highest BCUT2D eigenvalue weighted by Gasteiger charge is 2.10. The Morgan fingerprint density at radius 3 is 2.67 bits per heavy atom. The highest BCUT2D eigenvalue weighted by Crippen LogP contribution is 2.25. The maximum atomic E-state index is 5.29. The maximum Gasteiger partial charge on any atom is 0.258 e. The fourth-order valence-corrected chi connectivity index (χ4v) is 2.38. The van der Waals surface area contributed by atoms with Crippen LogP contribution in [0.5, 0.6) is 0 Å². The predicted octanol–water partition coefficient (Wildman–Crippen LogP) is 4.03. The molecule has 0 atom stereocenters. The molecule has 0 amide bonds. The van der Waals surface area contributed by atoms with E-state index in [1.807, 2.05) is 29.6 Å². The van der Waals surface area contributed by atoms with Crippen LogP contribution in [-0.4, -0.2) is 10.1 Å². The molecule has 0 spiro atoms. The Morgan fingerprint density at radius 2 is 2.00 bits per heavy atom. The first-order valence-corrected chi connectivity index (χ1v) is 6.71. The summed E-state index contributed by atoms with van der Waals surface area (Å²) in [5.41, 5.74) is 2.26. The molecule has 0 radical (unpaired) electrons. The van der Waals surface area contributed by atoms with Gasteiger partial charge in [0.25, 0.3) is 5.89 Å². The molecule has 3 nitrogen and oxygen atoms in total. The minimum atomic E-state index is 0.570. The van der Waals surface area contributed by atoms with Crippen molar-refractivity contribution in [2.24, 2.45) is 0 Å². The summed E-state index contributed by atoms with van der Waals surface area (Å²) in [6, 6.07) is 12.2. The first-order chi connectivity index (χ1) is 8.86. The zero-order valence-electron chi connectivity index (χ0n) is 9.96. The van der Waals surface area contributed by atoms with Crippen molar-refractivity contribution in [2.75, 3.05) is 0 Å². The molecule has 0 unspecified atom stereocenters. The van der Waals surface area contributed by atoms with Crippen LogP contribution in [0.2, 0.25) is 0 Å². The molecule has 18 heavy (non-hydrogen) atoms. The second kappa shape index (κ2) is 4.74. The molecule has 0 fully saturated rings. The lowest BCUT2D eigenvalue weighted by Crippen LogP contribution is -1.81. The van der Waals surface area contributed by atoms with Crippen LogP contribution in [0.4, 0.5) is 0 Å². The van der Waals surface area contributed by atoms with Gasteiger partial charge in [-0.1, -0.05) is 30.3 Å². The number of aromatic nitrogens is 2. The maximum absolute atomic E-state index is 5.29. The number of thiophene rings is 1. The fraction of sp³-hybridized carbons (Fsp3) is 0.143. The van der Waals surface area contributed by atoms with Crippen LogP contribution in [0.15, 0.2) is 46.3 Å². The fourth-order valence-electron chi connectivity index (χ4n) is 1.73. The van der Waals surface area contributed by atoms with Gasteiger partial charge in [0.15, 0.2) is 0 Å². The first-order valence-electron chi connectivity index (χ1n) is 5.83. The minimum absolute atomic E-state index is 0.570. The van der Waals surface area contributed by atoms with Gasteiger partial charge < -0.3 is 4.52 Å². The smallest absolute Gasteiger partial charge is 0.258 e. The zero-order valence-corrected chi connectivity index (χ0v) is 10.8. The lowest BCUT2D eigenvalue weighted by molar-refractivity contribution is 0.432. The Hall–Kier alpha value is -1.94. The van der Waals surface area contributed by atoms with Gasteiger partial charge in [-0.15, -0.1) is 11.3 Å². The molecule has 3 rings (SSSR count). The van der Waals surface area contributed by atoms with Gasteiger partial charge in [-0.25, -0.2) is 0 Å². The highest BCUT2D eigenvalue weighted by molar-refractivity contribution is 7.13. The third-order valence-electron chi connectivity index (χ3n) is 2.78. The number of hydrogen-bond donors (Lipinski definition) is 0. The SMILES string of the molecule is CCc1ccc(-c2nc(-c3cccs3)no2)cc1. The van der Waals surface area contributed by atoms with Crippen molar-refractivity contribution < 1.29 is 4.52 Å². The van der Waals surface area contributed by atoms with Crippen LogP contribution < -0.4 is 0 Å². The van der Waals surface area contributed by atoms with Crippen molar-refractivity contribution in [3.8, 4) is 22.2 Å². The summed E-state index contributed by atoms with van der Waals surface area (Å²) in [5, 5.41) is 6.00. The zero-order chi connectivity index (χ0) is 12.4. The van der Waals surface area contributed by atoms with E-state index in [-0.39, 0.29) is 0 Å². The van der Waals surface area contributed by atoms with Crippen LogP contribution in [0.1, 0.15) is 12.5 Å². The molecule has 4 heteroatoms. The molecule has 0 aliphatic heterocycles. The van der Waals surface area contributed by atoms with Crippen molar-refractivity contribution >= 4 is 11.3 Å². The second-order valence-electron chi connectivity index (χ2n) is 3.95. The Labute approximate surface area is 109 Å². The molecular weight excluding hydrogens is 244 g/mol. The first kappa shape index (κ1) is 11.2. The van der Waals surface area contributed by atoms with Crippen molar-refractivity contribution in [1.82, 2.24) is 10.1 Å². The minimum Gasteiger partial charge on any atom is -0.334 e. The van der Waals surface area contributed by atoms with Crippen LogP contribution in [-0.2, 0) is 6.42 Å². The van der Waals surface area contributed by atoms with Crippen molar-refractivity contribution in [3.63, 3.8) is 0 Å². The van der Waals surface area contributed by atoms with Crippen molar-refractivity contribution in [3.05, 3.63) is 47.3 Å². The van der Waals surface area contributed by atoms with Gasteiger partial charge in [0.2, 0.25) is 5.82 Å². The molecule has 0 N–H and O–H groups in total. The summed E-state index contributed by atoms with van der Waals surface area (Å²) in [6.45, 7) is 2.14. The molecule has 0 saturated heterocycles. The average Bonchev–Trinajstić information content (AvgIpc) is 3.09. The highest BCUT2D eigenvalue weighted by atomic mass is 32.1. The Bertz CT molecular complexity index is 626. The predicted molar refractivity (Wildman–Crippen MR) is 72.4 cm³/mol. The van der Waals surface area contributed by atoms with Gasteiger partial charge in [-0.2, -0.15) is 4.98 Å². The molecule has 1 aromatic carbocycles. The van der Waals surface area contributed by atoms with E-state index in [9.17, 15) is 0 Å². The summed E-state index contributed by atoms with van der Waals surface area (Å²) in [6.07, 6.45) is 1.03. The van der Waals surface area contributed by atoms with E-state index in [1.54, 1.807) is 11.3 Å². The standard InChI is InChI=1S/C14H12N2OS/c1-2-10-5-7-11(8-6-10)14-15-13(16-17-14)12-4-3-9-18-12/h3-9H,2H2,1H3. The van der Waals surface area contributed by atoms with E-state index < -0.39 is 0 Å². The van der Waals surface area contributed by atoms with E-state index in [1.165, 1.54) is 5.56 Å². The van der Waals surface area contributed by atoms with Crippen LogP contribution in [0.25, 0.3) is 22.2 Å². The summed E-state index contributed by atoms with van der Waals surface area (Å²) < 4.78 is 5.29. The molecule has 0 aliphatic rings. The van der Waals surface area contributed by atoms with Gasteiger partial charge in [0.05, 0.1) is 4.88 Å². The quantitative estimate of drug-likeness (QED) is 0.710. The molecule has 0 aliphatic carbocycles. The van der Waals surface area contributed by atoms with E-state index in [0.717, 1.165) is 16.9 Å². The Morgan fingerprint density at radius 1 is 1.17 bits per heavy atom. The van der Waals surface area contributed by atoms with Gasteiger partial charge in [-0.05, 0) is 35.6 Å². The summed E-state index contributed by atoms with van der Waals surface area (Å²) in [5.74, 6) is 1.22. The van der Waals surface area contributed by atoms with E-state index in [2.05, 4.69) is 29.2 Å². The van der Waals surface area contributed by atoms with Gasteiger partial charge in [-0.3, -0.25) is 0 Å². The summed E-state index contributed by atoms with van der Waals surface area (Å²) in [4.78, 5) is 5.43. The number of aryl methyl sites for hydroxylation is 1. The van der Waals surface area contributed by atoms with Gasteiger partial charge in [0.1, 0.15) is 0 Å². The molecule has 0 bridgehead atoms. The molecule has 2 heterocycles. The van der Waals surface area contributed by atoms with E-state index in [0.29, 0.717) is 11.7 Å². The number of nitrogens with zero attached hydrogens (tertiary/aromatic N) is 2. The van der Waals surface area contributed by atoms with Crippen LogP contribution >= 0.6 is 11.3 Å². The monoisotopic (exact) mass is 256 g/mol. The van der Waals surface area contributed by atoms with Crippen LogP contribution in [0, 0.1) is 0 Å². The third kappa shape index (κ3) is 2.07. The third-order valence-corrected chi connectivity index (χ3v) is 3.64. The number of benzene rings is 1. The largest absolute Gasteiger partial charge is 0.334 e. The van der Waals surface area contributed by atoms with Gasteiger partial charge in [0, 0.05) is 5.56 Å². The normalized spacial score (nSPS) is 10.7. The Balaban J connectivity index is 1.92. The average molecular weight is 256 g/mol. The Kier molecular flexibility index (Phi) is 2.94. The number of rotatable bonds is 3. The summed E-state index contributed by atoms with van der Waals surface area (Å²) in [7, 11) is 0. The van der Waals surface area contributed by atoms with E-state index in [4.69, 9.17) is 4.52 Å². The molecule has 3 aromatic rings. The molecule has 0 saturated carbocycles. The number of hydrogen-bond acceptors (Lipinski definition) is 4. The lowest BCUT2D eigenvalue weighted by atomic mass is 10.1.